The number of ketones is 1. The van der Waals surface area contributed by atoms with Crippen molar-refractivity contribution in [2.24, 2.45) is 0 Å². The Morgan fingerprint density at radius 1 is 1.17 bits per heavy atom. The summed E-state index contributed by atoms with van der Waals surface area (Å²) < 4.78 is 11.0. The monoisotopic (exact) mass is 324 g/mol. The second-order valence-electron chi connectivity index (χ2n) is 5.09. The van der Waals surface area contributed by atoms with Crippen LogP contribution in [0.1, 0.15) is 16.6 Å². The number of nitrogens with two attached hydrogens (primary N) is 1. The number of aromatic nitrogens is 1. The lowest BCUT2D eigenvalue weighted by atomic mass is 10.1. The average molecular weight is 324 g/mol. The smallest absolute Gasteiger partial charge is 0.171 e. The minimum atomic E-state index is -0.0737. The zero-order valence-electron chi connectivity index (χ0n) is 12.2. The van der Waals surface area contributed by atoms with E-state index in [1.54, 1.807) is 18.6 Å². The van der Waals surface area contributed by atoms with E-state index in [1.807, 2.05) is 24.3 Å². The van der Waals surface area contributed by atoms with Gasteiger partial charge in [0.25, 0.3) is 0 Å². The Hall–Kier alpha value is -2.86. The van der Waals surface area contributed by atoms with Crippen molar-refractivity contribution in [1.29, 1.82) is 0 Å². The maximum absolute atomic E-state index is 11.8. The summed E-state index contributed by atoms with van der Waals surface area (Å²) in [6.45, 7) is 1.50. The molecule has 4 rings (SSSR count). The Morgan fingerprint density at radius 3 is 2.48 bits per heavy atom. The van der Waals surface area contributed by atoms with Gasteiger partial charge in [-0.3, -0.25) is 4.79 Å². The van der Waals surface area contributed by atoms with Crippen molar-refractivity contribution in [2.75, 3.05) is 5.73 Å². The summed E-state index contributed by atoms with van der Waals surface area (Å²) in [5.41, 5.74) is 8.12. The molecule has 0 saturated heterocycles. The van der Waals surface area contributed by atoms with Gasteiger partial charge in [0.05, 0.1) is 23.1 Å². The predicted molar refractivity (Wildman–Crippen MR) is 89.4 cm³/mol. The van der Waals surface area contributed by atoms with Crippen LogP contribution in [-0.2, 0) is 0 Å². The summed E-state index contributed by atoms with van der Waals surface area (Å²) in [6, 6.07) is 9.17. The van der Waals surface area contributed by atoms with Gasteiger partial charge in [-0.2, -0.15) is 0 Å². The first kappa shape index (κ1) is 13.8. The third-order valence-corrected chi connectivity index (χ3v) is 4.78. The van der Waals surface area contributed by atoms with Crippen LogP contribution in [0.25, 0.3) is 33.0 Å². The van der Waals surface area contributed by atoms with Crippen LogP contribution in [0, 0.1) is 0 Å². The molecular weight excluding hydrogens is 312 g/mol. The lowest BCUT2D eigenvalue weighted by Crippen LogP contribution is -1.95. The van der Waals surface area contributed by atoms with Crippen molar-refractivity contribution in [3.8, 4) is 22.8 Å². The normalized spacial score (nSPS) is 11.2. The molecule has 0 saturated carbocycles. The van der Waals surface area contributed by atoms with Gasteiger partial charge in [0.1, 0.15) is 16.3 Å². The van der Waals surface area contributed by atoms with Gasteiger partial charge >= 0.3 is 0 Å². The quantitative estimate of drug-likeness (QED) is 0.557. The zero-order chi connectivity index (χ0) is 16.0. The fourth-order valence-corrected chi connectivity index (χ4v) is 3.57. The molecule has 0 amide bonds. The van der Waals surface area contributed by atoms with Crippen LogP contribution in [0.3, 0.4) is 0 Å². The van der Waals surface area contributed by atoms with E-state index >= 15 is 0 Å². The molecule has 0 spiro atoms. The number of Topliss-reactive ketones (excluding diaryl/α,β-unsaturated/α-hetero) is 1. The van der Waals surface area contributed by atoms with Crippen LogP contribution in [0.15, 0.2) is 51.7 Å². The van der Waals surface area contributed by atoms with E-state index in [0.29, 0.717) is 32.6 Å². The Bertz CT molecular complexity index is 999. The average Bonchev–Trinajstić information content (AvgIpc) is 3.27. The Morgan fingerprint density at radius 2 is 1.87 bits per heavy atom. The molecule has 0 aliphatic carbocycles. The summed E-state index contributed by atoms with van der Waals surface area (Å²) in [7, 11) is 0. The lowest BCUT2D eigenvalue weighted by molar-refractivity contribution is 0.102. The second kappa shape index (κ2) is 5.10. The molecule has 4 aromatic heterocycles. The third-order valence-electron chi connectivity index (χ3n) is 3.58. The molecule has 5 nitrogen and oxygen atoms in total. The second-order valence-corrected chi connectivity index (χ2v) is 6.09. The summed E-state index contributed by atoms with van der Waals surface area (Å²) >= 11 is 1.29. The van der Waals surface area contributed by atoms with Crippen LogP contribution in [0.4, 0.5) is 5.69 Å². The van der Waals surface area contributed by atoms with Crippen molar-refractivity contribution in [3.63, 3.8) is 0 Å². The number of nitrogen functional groups attached to an aromatic ring is 1. The van der Waals surface area contributed by atoms with E-state index in [1.165, 1.54) is 18.3 Å². The first-order valence-corrected chi connectivity index (χ1v) is 7.78. The Kier molecular flexibility index (Phi) is 3.06. The number of carbonyl (C=O) groups excluding carboxylic acids is 1. The summed E-state index contributed by atoms with van der Waals surface area (Å²) in [4.78, 5) is 17.6. The van der Waals surface area contributed by atoms with Crippen molar-refractivity contribution < 1.29 is 13.6 Å². The van der Waals surface area contributed by atoms with Gasteiger partial charge in [0, 0.05) is 17.9 Å². The van der Waals surface area contributed by atoms with Crippen molar-refractivity contribution in [1.82, 2.24) is 4.98 Å². The minimum absolute atomic E-state index is 0.0737. The molecule has 2 N–H and O–H groups in total. The summed E-state index contributed by atoms with van der Waals surface area (Å²) in [5.74, 6) is 1.25. The molecule has 0 aliphatic heterocycles. The maximum Gasteiger partial charge on any atom is 0.171 e. The van der Waals surface area contributed by atoms with Gasteiger partial charge in [-0.05, 0) is 30.3 Å². The van der Waals surface area contributed by atoms with Crippen LogP contribution < -0.4 is 5.73 Å². The van der Waals surface area contributed by atoms with Crippen LogP contribution >= 0.6 is 11.3 Å². The number of fused-ring (bicyclic) bond motifs is 1. The first-order valence-electron chi connectivity index (χ1n) is 6.97. The van der Waals surface area contributed by atoms with Gasteiger partial charge in [-0.1, -0.05) is 0 Å². The SMILES string of the molecule is CC(=O)c1sc2nc(-c3ccco3)cc(-c3ccco3)c2c1N. The molecule has 0 aromatic carbocycles. The molecule has 0 unspecified atom stereocenters. The molecule has 4 aromatic rings. The summed E-state index contributed by atoms with van der Waals surface area (Å²) in [5, 5.41) is 0.741. The van der Waals surface area contributed by atoms with Crippen LogP contribution in [0.2, 0.25) is 0 Å². The number of hydrogen-bond acceptors (Lipinski definition) is 6. The largest absolute Gasteiger partial charge is 0.464 e. The fourth-order valence-electron chi connectivity index (χ4n) is 2.56. The van der Waals surface area contributed by atoms with E-state index in [-0.39, 0.29) is 5.78 Å². The van der Waals surface area contributed by atoms with Gasteiger partial charge in [-0.15, -0.1) is 11.3 Å². The molecule has 6 heteroatoms. The highest BCUT2D eigenvalue weighted by Gasteiger charge is 2.21. The number of pyridine rings is 1. The third kappa shape index (κ3) is 2.15. The molecule has 4 heterocycles. The zero-order valence-corrected chi connectivity index (χ0v) is 13.0. The Labute approximate surface area is 135 Å². The summed E-state index contributed by atoms with van der Waals surface area (Å²) in [6.07, 6.45) is 3.19. The van der Waals surface area contributed by atoms with E-state index in [4.69, 9.17) is 14.6 Å². The van der Waals surface area contributed by atoms with E-state index in [9.17, 15) is 4.79 Å². The van der Waals surface area contributed by atoms with Crippen LogP contribution in [-0.4, -0.2) is 10.8 Å². The highest BCUT2D eigenvalue weighted by molar-refractivity contribution is 7.21. The highest BCUT2D eigenvalue weighted by Crippen LogP contribution is 2.41. The number of nitrogens with zero attached hydrogens (tertiary/aromatic N) is 1. The number of rotatable bonds is 3. The number of furan rings is 2. The van der Waals surface area contributed by atoms with Gasteiger partial charge < -0.3 is 14.6 Å². The molecule has 0 aliphatic rings. The maximum atomic E-state index is 11.8. The molecular formula is C17H12N2O3S. The number of hydrogen-bond donors (Lipinski definition) is 1. The minimum Gasteiger partial charge on any atom is -0.464 e. The van der Waals surface area contributed by atoms with E-state index < -0.39 is 0 Å². The Balaban J connectivity index is 2.08. The van der Waals surface area contributed by atoms with Gasteiger partial charge in [0.15, 0.2) is 11.5 Å². The molecule has 114 valence electrons. The topological polar surface area (TPSA) is 82.3 Å². The number of thiophene rings is 1. The standard InChI is InChI=1S/C17H12N2O3S/c1-9(20)16-15(18)14-10(12-4-2-6-21-12)8-11(19-17(14)23-16)13-5-3-7-22-13/h2-8H,18H2,1H3. The first-order chi connectivity index (χ1) is 11.1. The predicted octanol–water partition coefficient (Wildman–Crippen LogP) is 4.60. The number of anilines is 1. The van der Waals surface area contributed by atoms with Gasteiger partial charge in [-0.25, -0.2) is 4.98 Å². The number of carbonyl (C=O) groups is 1. The lowest BCUT2D eigenvalue weighted by Gasteiger charge is -2.04. The van der Waals surface area contributed by atoms with Crippen molar-refractivity contribution in [3.05, 3.63) is 47.7 Å². The van der Waals surface area contributed by atoms with Crippen molar-refractivity contribution >= 4 is 33.0 Å². The molecule has 0 atom stereocenters. The fraction of sp³-hybridized carbons (Fsp3) is 0.0588. The van der Waals surface area contributed by atoms with E-state index in [0.717, 1.165) is 10.9 Å². The highest BCUT2D eigenvalue weighted by atomic mass is 32.1. The molecule has 0 fully saturated rings. The van der Waals surface area contributed by atoms with E-state index in [2.05, 4.69) is 4.98 Å². The molecule has 0 bridgehead atoms. The van der Waals surface area contributed by atoms with Gasteiger partial charge in [0.2, 0.25) is 0 Å². The van der Waals surface area contributed by atoms with Crippen LogP contribution in [0.5, 0.6) is 0 Å². The van der Waals surface area contributed by atoms with Crippen molar-refractivity contribution in [2.45, 2.75) is 6.92 Å². The molecule has 0 radical (unpaired) electrons. The molecule has 23 heavy (non-hydrogen) atoms.